The zero-order valence-corrected chi connectivity index (χ0v) is 12.9. The number of nitrogens with zero attached hydrogens (tertiary/aromatic N) is 1. The van der Waals surface area contributed by atoms with E-state index in [1.807, 2.05) is 38.2 Å². The van der Waals surface area contributed by atoms with Crippen LogP contribution < -0.4 is 10.1 Å². The molecule has 112 valence electrons. The van der Waals surface area contributed by atoms with Crippen LogP contribution in [0.4, 0.5) is 0 Å². The Kier molecular flexibility index (Phi) is 6.82. The van der Waals surface area contributed by atoms with Crippen molar-refractivity contribution >= 4 is 18.3 Å². The van der Waals surface area contributed by atoms with Gasteiger partial charge in [0.15, 0.2) is 0 Å². The minimum absolute atomic E-state index is 0. The second-order valence-corrected chi connectivity index (χ2v) is 5.07. The third-order valence-electron chi connectivity index (χ3n) is 3.45. The van der Waals surface area contributed by atoms with Crippen LogP contribution in [-0.4, -0.2) is 43.6 Å². The van der Waals surface area contributed by atoms with Crippen LogP contribution in [0, 0.1) is 6.92 Å². The van der Waals surface area contributed by atoms with Gasteiger partial charge in [-0.25, -0.2) is 0 Å². The van der Waals surface area contributed by atoms with Crippen molar-refractivity contribution in [2.75, 3.05) is 26.7 Å². The van der Waals surface area contributed by atoms with Crippen molar-refractivity contribution in [3.63, 3.8) is 0 Å². The zero-order chi connectivity index (χ0) is 13.7. The number of nitrogens with one attached hydrogen (secondary N) is 1. The van der Waals surface area contributed by atoms with Crippen LogP contribution in [0.25, 0.3) is 0 Å². The van der Waals surface area contributed by atoms with Gasteiger partial charge in [0.2, 0.25) is 5.91 Å². The Balaban J connectivity index is 0.00000200. The maximum absolute atomic E-state index is 12.0. The number of halogens is 1. The van der Waals surface area contributed by atoms with E-state index in [-0.39, 0.29) is 24.4 Å². The number of aryl methyl sites for hydroxylation is 1. The zero-order valence-electron chi connectivity index (χ0n) is 12.1. The lowest BCUT2D eigenvalue weighted by molar-refractivity contribution is -0.132. The van der Waals surface area contributed by atoms with Gasteiger partial charge < -0.3 is 15.0 Å². The fraction of sp³-hybridized carbons (Fsp3) is 0.533. The molecule has 0 aliphatic carbocycles. The average Bonchev–Trinajstić information content (AvgIpc) is 2.94. The summed E-state index contributed by atoms with van der Waals surface area (Å²) in [5, 5.41) is 3.22. The molecule has 1 saturated heterocycles. The first-order chi connectivity index (χ1) is 9.16. The Morgan fingerprint density at radius 2 is 2.10 bits per heavy atom. The maximum Gasteiger partial charge on any atom is 0.239 e. The quantitative estimate of drug-likeness (QED) is 0.904. The maximum atomic E-state index is 12.0. The number of hydrogen-bond donors (Lipinski definition) is 1. The fourth-order valence-corrected chi connectivity index (χ4v) is 2.21. The van der Waals surface area contributed by atoms with E-state index in [0.29, 0.717) is 13.2 Å². The van der Waals surface area contributed by atoms with Gasteiger partial charge in [0.05, 0.1) is 12.6 Å². The number of amides is 1. The second-order valence-electron chi connectivity index (χ2n) is 5.07. The molecule has 1 aromatic carbocycles. The van der Waals surface area contributed by atoms with Gasteiger partial charge in [0.1, 0.15) is 12.4 Å². The van der Waals surface area contributed by atoms with Crippen LogP contribution in [0.2, 0.25) is 0 Å². The lowest BCUT2D eigenvalue weighted by atomic mass is 10.2. The molecule has 0 unspecified atom stereocenters. The normalized spacial score (nSPS) is 17.4. The molecule has 1 aliphatic heterocycles. The highest BCUT2D eigenvalue weighted by Gasteiger charge is 2.24. The van der Waals surface area contributed by atoms with Crippen LogP contribution >= 0.6 is 12.4 Å². The summed E-state index contributed by atoms with van der Waals surface area (Å²) < 4.78 is 5.63. The van der Waals surface area contributed by atoms with Gasteiger partial charge in [-0.3, -0.25) is 4.79 Å². The Labute approximate surface area is 126 Å². The Hall–Kier alpha value is -1.26. The Morgan fingerprint density at radius 3 is 2.70 bits per heavy atom. The first-order valence-electron chi connectivity index (χ1n) is 6.84. The van der Waals surface area contributed by atoms with Gasteiger partial charge in [-0.1, -0.05) is 17.7 Å². The average molecular weight is 299 g/mol. The van der Waals surface area contributed by atoms with Gasteiger partial charge >= 0.3 is 0 Å². The Bertz CT molecular complexity index is 416. The first kappa shape index (κ1) is 16.8. The number of benzene rings is 1. The first-order valence-corrected chi connectivity index (χ1v) is 6.84. The summed E-state index contributed by atoms with van der Waals surface area (Å²) in [5.41, 5.74) is 1.21. The number of carbonyl (C=O) groups excluding carboxylic acids is 1. The number of carbonyl (C=O) groups is 1. The van der Waals surface area contributed by atoms with Crippen molar-refractivity contribution < 1.29 is 9.53 Å². The molecule has 0 saturated carbocycles. The predicted octanol–water partition coefficient (Wildman–Crippen LogP) is 2.01. The van der Waals surface area contributed by atoms with E-state index in [1.54, 1.807) is 4.90 Å². The SMILES string of the molecule is Cc1ccc(OCCN(C)C(=O)[C@@H]2CCCN2)cc1.Cl. The molecule has 2 rings (SSSR count). The lowest BCUT2D eigenvalue weighted by Gasteiger charge is -2.21. The number of rotatable bonds is 5. The number of hydrogen-bond acceptors (Lipinski definition) is 3. The van der Waals surface area contributed by atoms with Crippen LogP contribution in [0.15, 0.2) is 24.3 Å². The predicted molar refractivity (Wildman–Crippen MR) is 82.6 cm³/mol. The molecule has 1 aliphatic rings. The molecule has 0 aromatic heterocycles. The minimum atomic E-state index is 0. The third-order valence-corrected chi connectivity index (χ3v) is 3.45. The summed E-state index contributed by atoms with van der Waals surface area (Å²) in [4.78, 5) is 13.8. The molecular weight excluding hydrogens is 276 g/mol. The van der Waals surface area contributed by atoms with Crippen molar-refractivity contribution in [2.45, 2.75) is 25.8 Å². The summed E-state index contributed by atoms with van der Waals surface area (Å²) in [6, 6.07) is 7.95. The Morgan fingerprint density at radius 1 is 1.40 bits per heavy atom. The van der Waals surface area contributed by atoms with Crippen molar-refractivity contribution in [2.24, 2.45) is 0 Å². The number of likely N-dealkylation sites (N-methyl/N-ethyl adjacent to an activating group) is 1. The topological polar surface area (TPSA) is 41.6 Å². The third kappa shape index (κ3) is 4.69. The van der Waals surface area contributed by atoms with Gasteiger partial charge in [-0.15, -0.1) is 12.4 Å². The van der Waals surface area contributed by atoms with Crippen molar-refractivity contribution in [3.05, 3.63) is 29.8 Å². The summed E-state index contributed by atoms with van der Waals surface area (Å²) in [6.07, 6.45) is 2.03. The summed E-state index contributed by atoms with van der Waals surface area (Å²) in [5.74, 6) is 1.02. The highest BCUT2D eigenvalue weighted by Crippen LogP contribution is 2.11. The smallest absolute Gasteiger partial charge is 0.239 e. The van der Waals surface area contributed by atoms with E-state index in [2.05, 4.69) is 5.32 Å². The van der Waals surface area contributed by atoms with Crippen molar-refractivity contribution in [1.29, 1.82) is 0 Å². The molecule has 1 atom stereocenters. The van der Waals surface area contributed by atoms with Crippen LogP contribution in [-0.2, 0) is 4.79 Å². The van der Waals surface area contributed by atoms with Crippen molar-refractivity contribution in [3.8, 4) is 5.75 Å². The molecule has 1 heterocycles. The van der Waals surface area contributed by atoms with Crippen molar-refractivity contribution in [1.82, 2.24) is 10.2 Å². The molecular formula is C15H23ClN2O2. The van der Waals surface area contributed by atoms with E-state index >= 15 is 0 Å². The molecule has 5 heteroatoms. The summed E-state index contributed by atoms with van der Waals surface area (Å²) in [6.45, 7) is 4.14. The second kappa shape index (κ2) is 8.12. The largest absolute Gasteiger partial charge is 0.492 e. The van der Waals surface area contributed by atoms with Crippen LogP contribution in [0.3, 0.4) is 0 Å². The monoisotopic (exact) mass is 298 g/mol. The van der Waals surface area contributed by atoms with Gasteiger partial charge in [-0.2, -0.15) is 0 Å². The molecule has 1 fully saturated rings. The standard InChI is InChI=1S/C15H22N2O2.ClH/c1-12-5-7-13(8-6-12)19-11-10-17(2)15(18)14-4-3-9-16-14;/h5-8,14,16H,3-4,9-11H2,1-2H3;1H/t14-;/m0./s1. The molecule has 0 bridgehead atoms. The molecule has 1 aromatic rings. The molecule has 4 nitrogen and oxygen atoms in total. The lowest BCUT2D eigenvalue weighted by Crippen LogP contribution is -2.43. The van der Waals surface area contributed by atoms with E-state index < -0.39 is 0 Å². The van der Waals surface area contributed by atoms with Gasteiger partial charge in [0.25, 0.3) is 0 Å². The van der Waals surface area contributed by atoms with E-state index in [9.17, 15) is 4.79 Å². The summed E-state index contributed by atoms with van der Waals surface area (Å²) >= 11 is 0. The fourth-order valence-electron chi connectivity index (χ4n) is 2.21. The molecule has 1 N–H and O–H groups in total. The highest BCUT2D eigenvalue weighted by atomic mass is 35.5. The minimum Gasteiger partial charge on any atom is -0.492 e. The van der Waals surface area contributed by atoms with Crippen LogP contribution in [0.1, 0.15) is 18.4 Å². The number of ether oxygens (including phenoxy) is 1. The van der Waals surface area contributed by atoms with E-state index in [4.69, 9.17) is 4.74 Å². The highest BCUT2D eigenvalue weighted by molar-refractivity contribution is 5.85. The van der Waals surface area contributed by atoms with Gasteiger partial charge in [-0.05, 0) is 38.4 Å². The molecule has 0 spiro atoms. The summed E-state index contributed by atoms with van der Waals surface area (Å²) in [7, 11) is 1.83. The van der Waals surface area contributed by atoms with E-state index in [0.717, 1.165) is 25.1 Å². The van der Waals surface area contributed by atoms with Crippen LogP contribution in [0.5, 0.6) is 5.75 Å². The van der Waals surface area contributed by atoms with Gasteiger partial charge in [0, 0.05) is 7.05 Å². The molecule has 0 radical (unpaired) electrons. The molecule has 20 heavy (non-hydrogen) atoms. The van der Waals surface area contributed by atoms with E-state index in [1.165, 1.54) is 5.56 Å². The molecule has 1 amide bonds.